The van der Waals surface area contributed by atoms with Crippen LogP contribution in [0.5, 0.6) is 0 Å². The summed E-state index contributed by atoms with van der Waals surface area (Å²) in [6, 6.07) is -1.47. The van der Waals surface area contributed by atoms with Crippen molar-refractivity contribution in [3.05, 3.63) is 11.5 Å². The fourth-order valence-corrected chi connectivity index (χ4v) is 0.658. The molecule has 0 amide bonds. The lowest BCUT2D eigenvalue weighted by Crippen LogP contribution is -1.95. The van der Waals surface area contributed by atoms with Crippen molar-refractivity contribution in [1.82, 2.24) is 0 Å². The topological polar surface area (TPSA) is 34.1 Å². The number of allylic oxidation sites excluding steroid dienone is 1. The van der Waals surface area contributed by atoms with Gasteiger partial charge in [0.25, 0.3) is 0 Å². The van der Waals surface area contributed by atoms with Gasteiger partial charge in [-0.3, -0.25) is 0 Å². The van der Waals surface area contributed by atoms with Gasteiger partial charge in [-0.1, -0.05) is 0 Å². The van der Waals surface area contributed by atoms with E-state index < -0.39 is 22.5 Å². The van der Waals surface area contributed by atoms with E-state index in [-0.39, 0.29) is 0 Å². The maximum absolute atomic E-state index is 11.3. The standard InChI is InChI=1S/C4H6F2O2S/c5-2-1-3-9(7,8)4-6/h1,3H,2,4H2. The summed E-state index contributed by atoms with van der Waals surface area (Å²) in [5.41, 5.74) is 0. The van der Waals surface area contributed by atoms with Crippen LogP contribution in [0.1, 0.15) is 0 Å². The van der Waals surface area contributed by atoms with E-state index in [0.717, 1.165) is 6.08 Å². The molecule has 0 radical (unpaired) electrons. The predicted octanol–water partition coefficient (Wildman–Crippen LogP) is 0.811. The van der Waals surface area contributed by atoms with E-state index in [0.29, 0.717) is 5.41 Å². The van der Waals surface area contributed by atoms with Gasteiger partial charge in [-0.2, -0.15) is 0 Å². The van der Waals surface area contributed by atoms with Crippen molar-refractivity contribution >= 4 is 9.84 Å². The summed E-state index contributed by atoms with van der Waals surface area (Å²) in [4.78, 5) is 0. The molecule has 0 fully saturated rings. The second-order valence-corrected chi connectivity index (χ2v) is 3.11. The summed E-state index contributed by atoms with van der Waals surface area (Å²) in [6.45, 7) is -0.890. The van der Waals surface area contributed by atoms with E-state index >= 15 is 0 Å². The highest BCUT2D eigenvalue weighted by atomic mass is 32.2. The first kappa shape index (κ1) is 8.55. The van der Waals surface area contributed by atoms with Crippen LogP contribution in [0.2, 0.25) is 0 Å². The molecule has 2 nitrogen and oxygen atoms in total. The van der Waals surface area contributed by atoms with Crippen LogP contribution in [0.25, 0.3) is 0 Å². The van der Waals surface area contributed by atoms with Crippen LogP contribution in [-0.2, 0) is 9.84 Å². The number of hydrogen-bond donors (Lipinski definition) is 0. The van der Waals surface area contributed by atoms with E-state index in [1.165, 1.54) is 0 Å². The number of rotatable bonds is 3. The lowest BCUT2D eigenvalue weighted by Gasteiger charge is -1.84. The van der Waals surface area contributed by atoms with Crippen molar-refractivity contribution in [3.8, 4) is 0 Å². The van der Waals surface area contributed by atoms with E-state index in [4.69, 9.17) is 0 Å². The number of hydrogen-bond acceptors (Lipinski definition) is 2. The minimum Gasteiger partial charge on any atom is -0.247 e. The average Bonchev–Trinajstić information content (AvgIpc) is 1.84. The molecule has 0 rings (SSSR count). The monoisotopic (exact) mass is 156 g/mol. The Kier molecular flexibility index (Phi) is 3.37. The largest absolute Gasteiger partial charge is 0.247 e. The summed E-state index contributed by atoms with van der Waals surface area (Å²) < 4.78 is 42.8. The Balaban J connectivity index is 4.04. The molecule has 0 aliphatic heterocycles. The minimum atomic E-state index is -3.77. The highest BCUT2D eigenvalue weighted by Crippen LogP contribution is 1.92. The van der Waals surface area contributed by atoms with Crippen molar-refractivity contribution in [2.75, 3.05) is 12.7 Å². The maximum atomic E-state index is 11.3. The second kappa shape index (κ2) is 3.55. The Bertz CT molecular complexity index is 183. The van der Waals surface area contributed by atoms with Gasteiger partial charge in [0.15, 0.2) is 15.8 Å². The highest BCUT2D eigenvalue weighted by molar-refractivity contribution is 7.94. The Labute approximate surface area is 52.1 Å². The first-order valence-electron chi connectivity index (χ1n) is 2.13. The molecule has 0 unspecified atom stereocenters. The normalized spacial score (nSPS) is 12.7. The first-order valence-corrected chi connectivity index (χ1v) is 3.85. The van der Waals surface area contributed by atoms with Gasteiger partial charge in [0.1, 0.15) is 6.67 Å². The second-order valence-electron chi connectivity index (χ2n) is 1.30. The number of halogens is 2. The summed E-state index contributed by atoms with van der Waals surface area (Å²) in [7, 11) is -3.77. The van der Waals surface area contributed by atoms with Gasteiger partial charge < -0.3 is 0 Å². The average molecular weight is 156 g/mol. The van der Waals surface area contributed by atoms with Crippen LogP contribution in [0, 0.1) is 0 Å². The summed E-state index contributed by atoms with van der Waals surface area (Å²) in [5.74, 6) is 0. The molecule has 0 aromatic carbocycles. The Morgan fingerprint density at radius 2 is 1.89 bits per heavy atom. The quantitative estimate of drug-likeness (QED) is 0.606. The van der Waals surface area contributed by atoms with Gasteiger partial charge in [-0.05, 0) is 6.08 Å². The van der Waals surface area contributed by atoms with Crippen LogP contribution in [0.3, 0.4) is 0 Å². The Morgan fingerprint density at radius 3 is 2.22 bits per heavy atom. The fourth-order valence-electron chi connectivity index (χ4n) is 0.219. The van der Waals surface area contributed by atoms with Gasteiger partial charge in [0.2, 0.25) is 0 Å². The summed E-state index contributed by atoms with van der Waals surface area (Å²) in [5, 5.41) is 0.521. The molecule has 0 bridgehead atoms. The van der Waals surface area contributed by atoms with E-state index in [1.807, 2.05) is 0 Å². The molecule has 0 N–H and O–H groups in total. The third kappa shape index (κ3) is 4.08. The molecule has 0 atom stereocenters. The molecule has 0 aromatic heterocycles. The molecule has 0 saturated carbocycles. The Hall–Kier alpha value is -0.450. The van der Waals surface area contributed by atoms with Gasteiger partial charge in [0.05, 0.1) is 0 Å². The fraction of sp³-hybridized carbons (Fsp3) is 0.500. The van der Waals surface area contributed by atoms with Crippen LogP contribution in [0.15, 0.2) is 11.5 Å². The molecule has 0 saturated heterocycles. The van der Waals surface area contributed by atoms with Crippen LogP contribution in [0.4, 0.5) is 8.78 Å². The van der Waals surface area contributed by atoms with Gasteiger partial charge in [0, 0.05) is 5.41 Å². The van der Waals surface area contributed by atoms with E-state index in [9.17, 15) is 17.2 Å². The van der Waals surface area contributed by atoms with E-state index in [2.05, 4.69) is 0 Å². The molecule has 0 aliphatic carbocycles. The zero-order valence-electron chi connectivity index (χ0n) is 4.55. The zero-order valence-corrected chi connectivity index (χ0v) is 5.37. The first-order chi connectivity index (χ1) is 4.12. The molecule has 5 heteroatoms. The van der Waals surface area contributed by atoms with Gasteiger partial charge >= 0.3 is 0 Å². The molecular weight excluding hydrogens is 150 g/mol. The molecule has 9 heavy (non-hydrogen) atoms. The third-order valence-electron chi connectivity index (χ3n) is 0.545. The molecule has 0 aliphatic rings. The van der Waals surface area contributed by atoms with Crippen molar-refractivity contribution in [3.63, 3.8) is 0 Å². The molecule has 54 valence electrons. The zero-order chi connectivity index (χ0) is 7.33. The van der Waals surface area contributed by atoms with Crippen molar-refractivity contribution < 1.29 is 17.2 Å². The predicted molar refractivity (Wildman–Crippen MR) is 30.0 cm³/mol. The van der Waals surface area contributed by atoms with E-state index in [1.54, 1.807) is 0 Å². The van der Waals surface area contributed by atoms with Crippen molar-refractivity contribution in [1.29, 1.82) is 0 Å². The molecular formula is C4H6F2O2S. The smallest absolute Gasteiger partial charge is 0.200 e. The van der Waals surface area contributed by atoms with Gasteiger partial charge in [-0.15, -0.1) is 0 Å². The van der Waals surface area contributed by atoms with Crippen LogP contribution >= 0.6 is 0 Å². The lowest BCUT2D eigenvalue weighted by atomic mass is 10.7. The van der Waals surface area contributed by atoms with Gasteiger partial charge in [-0.25, -0.2) is 17.2 Å². The Morgan fingerprint density at radius 1 is 1.33 bits per heavy atom. The maximum Gasteiger partial charge on any atom is 0.200 e. The number of alkyl halides is 2. The lowest BCUT2D eigenvalue weighted by molar-refractivity contribution is 0.539. The minimum absolute atomic E-state index is 0.521. The molecule has 0 spiro atoms. The summed E-state index contributed by atoms with van der Waals surface area (Å²) >= 11 is 0. The van der Waals surface area contributed by atoms with Crippen molar-refractivity contribution in [2.45, 2.75) is 0 Å². The molecule has 0 aromatic rings. The SMILES string of the molecule is O=S(=O)(C=CCF)CF. The summed E-state index contributed by atoms with van der Waals surface area (Å²) in [6.07, 6.45) is 0.745. The van der Waals surface area contributed by atoms with Crippen molar-refractivity contribution in [2.24, 2.45) is 0 Å². The third-order valence-corrected chi connectivity index (χ3v) is 1.46. The molecule has 0 heterocycles. The highest BCUT2D eigenvalue weighted by Gasteiger charge is 2.01. The van der Waals surface area contributed by atoms with Crippen LogP contribution in [-0.4, -0.2) is 21.1 Å². The number of sulfone groups is 1. The van der Waals surface area contributed by atoms with Crippen LogP contribution < -0.4 is 0 Å².